The number of allylic oxidation sites excluding steroid dienone is 2. The van der Waals surface area contributed by atoms with Gasteiger partial charge in [0.2, 0.25) is 6.79 Å². The lowest BCUT2D eigenvalue weighted by Gasteiger charge is -1.96. The molecule has 0 atom stereocenters. The third-order valence-electron chi connectivity index (χ3n) is 2.23. The summed E-state index contributed by atoms with van der Waals surface area (Å²) in [5.74, 6) is 1.12. The standard InChI is InChI=1S/C13H12O4/c1-15-13(14)5-3-2-4-10-6-7-11-12(8-10)17-9-16-11/h2-8H,9H2,1H3/b4-2+,5-3-. The van der Waals surface area contributed by atoms with Crippen molar-refractivity contribution < 1.29 is 19.0 Å². The van der Waals surface area contributed by atoms with Crippen LogP contribution in [0.1, 0.15) is 5.56 Å². The molecule has 1 aromatic carbocycles. The number of fused-ring (bicyclic) bond motifs is 1. The summed E-state index contributed by atoms with van der Waals surface area (Å²) in [4.78, 5) is 10.8. The second-order valence-electron chi connectivity index (χ2n) is 3.35. The van der Waals surface area contributed by atoms with Gasteiger partial charge in [0.15, 0.2) is 11.5 Å². The lowest BCUT2D eigenvalue weighted by Crippen LogP contribution is -1.92. The Morgan fingerprint density at radius 2 is 2.12 bits per heavy atom. The van der Waals surface area contributed by atoms with E-state index in [0.29, 0.717) is 0 Å². The van der Waals surface area contributed by atoms with Gasteiger partial charge in [-0.25, -0.2) is 4.79 Å². The molecule has 1 aromatic rings. The van der Waals surface area contributed by atoms with Crippen molar-refractivity contribution in [3.8, 4) is 11.5 Å². The fraction of sp³-hybridized carbons (Fsp3) is 0.154. The lowest BCUT2D eigenvalue weighted by atomic mass is 10.2. The first-order valence-electron chi connectivity index (χ1n) is 5.12. The second kappa shape index (κ2) is 5.21. The molecule has 0 fully saturated rings. The minimum atomic E-state index is -0.375. The summed E-state index contributed by atoms with van der Waals surface area (Å²) in [6.45, 7) is 0.269. The molecule has 1 heterocycles. The molecule has 2 rings (SSSR count). The molecule has 4 heteroatoms. The molecule has 0 saturated heterocycles. The van der Waals surface area contributed by atoms with E-state index >= 15 is 0 Å². The van der Waals surface area contributed by atoms with Gasteiger partial charge in [0.1, 0.15) is 0 Å². The predicted octanol–water partition coefficient (Wildman–Crippen LogP) is 2.16. The van der Waals surface area contributed by atoms with Gasteiger partial charge >= 0.3 is 5.97 Å². The molecule has 0 amide bonds. The van der Waals surface area contributed by atoms with Gasteiger partial charge in [0, 0.05) is 6.08 Å². The zero-order chi connectivity index (χ0) is 12.1. The smallest absolute Gasteiger partial charge is 0.330 e. The maximum Gasteiger partial charge on any atom is 0.330 e. The van der Waals surface area contributed by atoms with E-state index in [4.69, 9.17) is 9.47 Å². The molecule has 0 radical (unpaired) electrons. The molecule has 0 aromatic heterocycles. The molecular formula is C13H12O4. The van der Waals surface area contributed by atoms with Crippen LogP contribution in [-0.2, 0) is 9.53 Å². The number of methoxy groups -OCH3 is 1. The third kappa shape index (κ3) is 2.87. The van der Waals surface area contributed by atoms with E-state index < -0.39 is 0 Å². The summed E-state index contributed by atoms with van der Waals surface area (Å²) < 4.78 is 14.9. The number of rotatable bonds is 3. The monoisotopic (exact) mass is 232 g/mol. The molecule has 0 bridgehead atoms. The molecule has 4 nitrogen and oxygen atoms in total. The van der Waals surface area contributed by atoms with Gasteiger partial charge in [-0.1, -0.05) is 24.3 Å². The van der Waals surface area contributed by atoms with Gasteiger partial charge in [-0.2, -0.15) is 0 Å². The number of hydrogen-bond donors (Lipinski definition) is 0. The summed E-state index contributed by atoms with van der Waals surface area (Å²) in [7, 11) is 1.34. The second-order valence-corrected chi connectivity index (χ2v) is 3.35. The first kappa shape index (κ1) is 11.3. The molecule has 0 unspecified atom stereocenters. The number of carbonyl (C=O) groups is 1. The first-order chi connectivity index (χ1) is 8.29. The van der Waals surface area contributed by atoms with Gasteiger partial charge < -0.3 is 14.2 Å². The molecule has 1 aliphatic heterocycles. The van der Waals surface area contributed by atoms with Crippen molar-refractivity contribution in [3.63, 3.8) is 0 Å². The highest BCUT2D eigenvalue weighted by molar-refractivity contribution is 5.82. The van der Waals surface area contributed by atoms with Crippen LogP contribution in [0.15, 0.2) is 36.4 Å². The number of carbonyl (C=O) groups excluding carboxylic acids is 1. The van der Waals surface area contributed by atoms with E-state index in [-0.39, 0.29) is 12.8 Å². The number of ether oxygens (including phenoxy) is 3. The Kier molecular flexibility index (Phi) is 3.45. The average Bonchev–Trinajstić information content (AvgIpc) is 2.81. The maximum absolute atomic E-state index is 10.8. The van der Waals surface area contributed by atoms with Crippen LogP contribution < -0.4 is 9.47 Å². The topological polar surface area (TPSA) is 44.8 Å². The Hall–Kier alpha value is -2.23. The zero-order valence-corrected chi connectivity index (χ0v) is 9.38. The van der Waals surface area contributed by atoms with Crippen molar-refractivity contribution >= 4 is 12.0 Å². The molecule has 88 valence electrons. The van der Waals surface area contributed by atoms with Crippen LogP contribution in [0.4, 0.5) is 0 Å². The van der Waals surface area contributed by atoms with Crippen molar-refractivity contribution in [1.29, 1.82) is 0 Å². The molecule has 0 N–H and O–H groups in total. The van der Waals surface area contributed by atoms with Gasteiger partial charge in [-0.15, -0.1) is 0 Å². The Bertz CT molecular complexity index is 474. The average molecular weight is 232 g/mol. The van der Waals surface area contributed by atoms with Gasteiger partial charge in [0.25, 0.3) is 0 Å². The van der Waals surface area contributed by atoms with E-state index in [2.05, 4.69) is 4.74 Å². The summed E-state index contributed by atoms with van der Waals surface area (Å²) in [5, 5.41) is 0. The lowest BCUT2D eigenvalue weighted by molar-refractivity contribution is -0.134. The van der Waals surface area contributed by atoms with Gasteiger partial charge in [0.05, 0.1) is 7.11 Å². The third-order valence-corrected chi connectivity index (χ3v) is 2.23. The highest BCUT2D eigenvalue weighted by Crippen LogP contribution is 2.32. The van der Waals surface area contributed by atoms with E-state index in [1.165, 1.54) is 13.2 Å². The number of hydrogen-bond acceptors (Lipinski definition) is 4. The Labute approximate surface area is 99.1 Å². The molecule has 0 saturated carbocycles. The molecular weight excluding hydrogens is 220 g/mol. The number of benzene rings is 1. The van der Waals surface area contributed by atoms with E-state index in [0.717, 1.165) is 17.1 Å². The largest absolute Gasteiger partial charge is 0.466 e. The van der Waals surface area contributed by atoms with E-state index in [1.807, 2.05) is 24.3 Å². The predicted molar refractivity (Wildman–Crippen MR) is 62.8 cm³/mol. The van der Waals surface area contributed by atoms with Crippen molar-refractivity contribution in [1.82, 2.24) is 0 Å². The quantitative estimate of drug-likeness (QED) is 0.455. The fourth-order valence-electron chi connectivity index (χ4n) is 1.39. The van der Waals surface area contributed by atoms with Crippen LogP contribution in [0.25, 0.3) is 6.08 Å². The van der Waals surface area contributed by atoms with Crippen LogP contribution in [0.5, 0.6) is 11.5 Å². The SMILES string of the molecule is COC(=O)/C=C\C=C\c1ccc2c(c1)OCO2. The Morgan fingerprint density at radius 3 is 2.94 bits per heavy atom. The highest BCUT2D eigenvalue weighted by atomic mass is 16.7. The van der Waals surface area contributed by atoms with Crippen LogP contribution in [-0.4, -0.2) is 19.9 Å². The summed E-state index contributed by atoms with van der Waals surface area (Å²) in [6, 6.07) is 5.65. The fourth-order valence-corrected chi connectivity index (χ4v) is 1.39. The van der Waals surface area contributed by atoms with Gasteiger partial charge in [-0.3, -0.25) is 0 Å². The normalized spacial score (nSPS) is 13.5. The Morgan fingerprint density at radius 1 is 1.29 bits per heavy atom. The van der Waals surface area contributed by atoms with Crippen LogP contribution in [0.2, 0.25) is 0 Å². The maximum atomic E-state index is 10.8. The van der Waals surface area contributed by atoms with Crippen LogP contribution in [0, 0.1) is 0 Å². The van der Waals surface area contributed by atoms with Crippen molar-refractivity contribution in [2.24, 2.45) is 0 Å². The molecule has 1 aliphatic rings. The first-order valence-corrected chi connectivity index (χ1v) is 5.12. The van der Waals surface area contributed by atoms with Crippen molar-refractivity contribution in [2.45, 2.75) is 0 Å². The van der Waals surface area contributed by atoms with Gasteiger partial charge in [-0.05, 0) is 17.7 Å². The summed E-state index contributed by atoms with van der Waals surface area (Å²) in [5.41, 5.74) is 0.976. The highest BCUT2D eigenvalue weighted by Gasteiger charge is 2.11. The van der Waals surface area contributed by atoms with Crippen molar-refractivity contribution in [2.75, 3.05) is 13.9 Å². The van der Waals surface area contributed by atoms with E-state index in [9.17, 15) is 4.79 Å². The molecule has 0 spiro atoms. The molecule has 0 aliphatic carbocycles. The van der Waals surface area contributed by atoms with Crippen molar-refractivity contribution in [3.05, 3.63) is 42.0 Å². The van der Waals surface area contributed by atoms with E-state index in [1.54, 1.807) is 12.2 Å². The Balaban J connectivity index is 2.02. The van der Waals surface area contributed by atoms with Crippen LogP contribution >= 0.6 is 0 Å². The minimum Gasteiger partial charge on any atom is -0.466 e. The molecule has 17 heavy (non-hydrogen) atoms. The van der Waals surface area contributed by atoms with Crippen LogP contribution in [0.3, 0.4) is 0 Å². The summed E-state index contributed by atoms with van der Waals surface area (Å²) >= 11 is 0. The number of esters is 1. The zero-order valence-electron chi connectivity index (χ0n) is 9.38. The minimum absolute atomic E-state index is 0.269. The summed E-state index contributed by atoms with van der Waals surface area (Å²) in [6.07, 6.45) is 6.59.